The molecule has 4 nitrogen and oxygen atoms in total. The van der Waals surface area contributed by atoms with E-state index in [4.69, 9.17) is 11.6 Å². The minimum atomic E-state index is -0.372. The molecule has 0 atom stereocenters. The number of carbonyl (C=O) groups is 2. The number of nitrogens with one attached hydrogen (secondary N) is 2. The van der Waals surface area contributed by atoms with Crippen molar-refractivity contribution in [3.8, 4) is 0 Å². The van der Waals surface area contributed by atoms with Gasteiger partial charge in [-0.15, -0.1) is 11.8 Å². The van der Waals surface area contributed by atoms with Crippen LogP contribution in [0.2, 0.25) is 5.02 Å². The van der Waals surface area contributed by atoms with Crippen LogP contribution in [0.1, 0.15) is 5.56 Å². The van der Waals surface area contributed by atoms with E-state index < -0.39 is 0 Å². The first-order valence-electron chi connectivity index (χ1n) is 7.13. The molecular formula is C17H16ClFN2O2S. The molecule has 24 heavy (non-hydrogen) atoms. The number of hydrogen-bond acceptors (Lipinski definition) is 3. The van der Waals surface area contributed by atoms with Crippen LogP contribution < -0.4 is 10.6 Å². The van der Waals surface area contributed by atoms with Crippen LogP contribution in [0.25, 0.3) is 0 Å². The first-order chi connectivity index (χ1) is 11.4. The van der Waals surface area contributed by atoms with Gasteiger partial charge in [-0.1, -0.05) is 17.7 Å². The molecule has 0 heterocycles. The van der Waals surface area contributed by atoms with Gasteiger partial charge < -0.3 is 10.6 Å². The summed E-state index contributed by atoms with van der Waals surface area (Å²) in [4.78, 5) is 23.6. The molecule has 0 aromatic heterocycles. The van der Waals surface area contributed by atoms with E-state index in [2.05, 4.69) is 10.6 Å². The first kappa shape index (κ1) is 18.3. The van der Waals surface area contributed by atoms with Crippen molar-refractivity contribution >= 4 is 46.6 Å². The standard InChI is InChI=1S/C17H16ClFN2O2S/c1-11-2-5-14(8-15(11)19)21-17(23)10-24-9-16(22)20-13-6-3-12(18)4-7-13/h2-8H,9-10H2,1H3,(H,20,22)(H,21,23). The molecule has 2 amide bonds. The fourth-order valence-corrected chi connectivity index (χ4v) is 2.58. The zero-order chi connectivity index (χ0) is 17.5. The van der Waals surface area contributed by atoms with Gasteiger partial charge in [0.2, 0.25) is 11.8 Å². The van der Waals surface area contributed by atoms with E-state index in [0.29, 0.717) is 22.0 Å². The largest absolute Gasteiger partial charge is 0.325 e. The molecular weight excluding hydrogens is 351 g/mol. The summed E-state index contributed by atoms with van der Waals surface area (Å²) < 4.78 is 13.4. The Bertz CT molecular complexity index is 738. The first-order valence-corrected chi connectivity index (χ1v) is 8.66. The average molecular weight is 367 g/mol. The Morgan fingerprint density at radius 1 is 1.00 bits per heavy atom. The maximum Gasteiger partial charge on any atom is 0.234 e. The van der Waals surface area contributed by atoms with E-state index in [1.807, 2.05) is 0 Å². The minimum absolute atomic E-state index is 0.101. The van der Waals surface area contributed by atoms with Gasteiger partial charge in [0.25, 0.3) is 0 Å². The van der Waals surface area contributed by atoms with Crippen LogP contribution in [0.5, 0.6) is 0 Å². The highest BCUT2D eigenvalue weighted by Gasteiger charge is 2.08. The van der Waals surface area contributed by atoms with Crippen LogP contribution in [-0.2, 0) is 9.59 Å². The molecule has 0 aliphatic rings. The molecule has 0 aliphatic carbocycles. The Morgan fingerprint density at radius 3 is 2.12 bits per heavy atom. The number of benzene rings is 2. The van der Waals surface area contributed by atoms with Gasteiger partial charge in [0.05, 0.1) is 11.5 Å². The lowest BCUT2D eigenvalue weighted by atomic mass is 10.2. The monoisotopic (exact) mass is 366 g/mol. The van der Waals surface area contributed by atoms with Gasteiger partial charge in [0.15, 0.2) is 0 Å². The number of halogens is 2. The van der Waals surface area contributed by atoms with Crippen molar-refractivity contribution in [1.29, 1.82) is 0 Å². The van der Waals surface area contributed by atoms with Gasteiger partial charge in [-0.25, -0.2) is 4.39 Å². The van der Waals surface area contributed by atoms with Crippen molar-refractivity contribution < 1.29 is 14.0 Å². The number of anilines is 2. The predicted molar refractivity (Wildman–Crippen MR) is 97.2 cm³/mol. The van der Waals surface area contributed by atoms with Crippen LogP contribution >= 0.6 is 23.4 Å². The van der Waals surface area contributed by atoms with E-state index in [9.17, 15) is 14.0 Å². The van der Waals surface area contributed by atoms with E-state index >= 15 is 0 Å². The van der Waals surface area contributed by atoms with Gasteiger partial charge in [-0.3, -0.25) is 9.59 Å². The molecule has 0 saturated heterocycles. The second kappa shape index (κ2) is 8.70. The van der Waals surface area contributed by atoms with E-state index in [0.717, 1.165) is 0 Å². The van der Waals surface area contributed by atoms with Gasteiger partial charge in [-0.05, 0) is 48.9 Å². The number of hydrogen-bond donors (Lipinski definition) is 2. The summed E-state index contributed by atoms with van der Waals surface area (Å²) in [5.74, 6) is -0.635. The Balaban J connectivity index is 1.72. The normalized spacial score (nSPS) is 10.3. The summed E-state index contributed by atoms with van der Waals surface area (Å²) in [6, 6.07) is 11.3. The van der Waals surface area contributed by atoms with Gasteiger partial charge >= 0.3 is 0 Å². The number of aryl methyl sites for hydroxylation is 1. The average Bonchev–Trinajstić information content (AvgIpc) is 2.53. The van der Waals surface area contributed by atoms with Gasteiger partial charge in [-0.2, -0.15) is 0 Å². The van der Waals surface area contributed by atoms with Gasteiger partial charge in [0.1, 0.15) is 5.82 Å². The third-order valence-electron chi connectivity index (χ3n) is 3.05. The predicted octanol–water partition coefficient (Wildman–Crippen LogP) is 4.10. The summed E-state index contributed by atoms with van der Waals surface area (Å²) in [5, 5.41) is 5.89. The van der Waals surface area contributed by atoms with E-state index in [1.165, 1.54) is 17.8 Å². The lowest BCUT2D eigenvalue weighted by molar-refractivity contribution is -0.114. The number of carbonyl (C=O) groups excluding carboxylic acids is 2. The van der Waals surface area contributed by atoms with Crippen LogP contribution in [-0.4, -0.2) is 23.3 Å². The Labute approximate surface area is 148 Å². The summed E-state index contributed by atoms with van der Waals surface area (Å²) in [5.41, 5.74) is 1.56. The molecule has 2 aromatic rings. The Morgan fingerprint density at radius 2 is 1.54 bits per heavy atom. The maximum absolute atomic E-state index is 13.4. The zero-order valence-corrected chi connectivity index (χ0v) is 14.5. The van der Waals surface area contributed by atoms with Crippen molar-refractivity contribution in [1.82, 2.24) is 0 Å². The van der Waals surface area contributed by atoms with Crippen LogP contribution in [0.4, 0.5) is 15.8 Å². The van der Waals surface area contributed by atoms with Crippen LogP contribution in [0.15, 0.2) is 42.5 Å². The molecule has 2 rings (SSSR count). The molecule has 0 radical (unpaired) electrons. The Kier molecular flexibility index (Phi) is 6.63. The fraction of sp³-hybridized carbons (Fsp3) is 0.176. The minimum Gasteiger partial charge on any atom is -0.325 e. The van der Waals surface area contributed by atoms with Gasteiger partial charge in [0, 0.05) is 16.4 Å². The summed E-state index contributed by atoms with van der Waals surface area (Å²) in [6.07, 6.45) is 0. The SMILES string of the molecule is Cc1ccc(NC(=O)CSCC(=O)Nc2ccc(Cl)cc2)cc1F. The molecule has 2 N–H and O–H groups in total. The third kappa shape index (κ3) is 5.86. The van der Waals surface area contributed by atoms with Crippen molar-refractivity contribution in [2.45, 2.75) is 6.92 Å². The number of rotatable bonds is 6. The number of amides is 2. The van der Waals surface area contributed by atoms with E-state index in [1.54, 1.807) is 43.3 Å². The summed E-state index contributed by atoms with van der Waals surface area (Å²) in [6.45, 7) is 1.65. The lowest BCUT2D eigenvalue weighted by Crippen LogP contribution is -2.18. The summed E-state index contributed by atoms with van der Waals surface area (Å²) in [7, 11) is 0. The quantitative estimate of drug-likeness (QED) is 0.809. The highest BCUT2D eigenvalue weighted by atomic mass is 35.5. The highest BCUT2D eigenvalue weighted by Crippen LogP contribution is 2.15. The van der Waals surface area contributed by atoms with Crippen molar-refractivity contribution in [2.75, 3.05) is 22.1 Å². The Hall–Kier alpha value is -2.05. The molecule has 0 spiro atoms. The van der Waals surface area contributed by atoms with Crippen molar-refractivity contribution in [3.63, 3.8) is 0 Å². The molecule has 0 bridgehead atoms. The molecule has 0 saturated carbocycles. The second-order valence-electron chi connectivity index (χ2n) is 5.06. The van der Waals surface area contributed by atoms with Crippen molar-refractivity contribution in [2.24, 2.45) is 0 Å². The van der Waals surface area contributed by atoms with Crippen LogP contribution in [0, 0.1) is 12.7 Å². The molecule has 0 aliphatic heterocycles. The molecule has 0 unspecified atom stereocenters. The topological polar surface area (TPSA) is 58.2 Å². The van der Waals surface area contributed by atoms with Crippen LogP contribution in [0.3, 0.4) is 0 Å². The fourth-order valence-electron chi connectivity index (χ4n) is 1.83. The molecule has 0 fully saturated rings. The maximum atomic E-state index is 13.4. The highest BCUT2D eigenvalue weighted by molar-refractivity contribution is 8.00. The molecule has 2 aromatic carbocycles. The smallest absolute Gasteiger partial charge is 0.234 e. The molecule has 7 heteroatoms. The number of thioether (sulfide) groups is 1. The summed E-state index contributed by atoms with van der Waals surface area (Å²) >= 11 is 6.94. The molecule has 126 valence electrons. The lowest BCUT2D eigenvalue weighted by Gasteiger charge is -2.07. The zero-order valence-electron chi connectivity index (χ0n) is 12.9. The second-order valence-corrected chi connectivity index (χ2v) is 6.48. The van der Waals surface area contributed by atoms with E-state index in [-0.39, 0.29) is 29.1 Å². The van der Waals surface area contributed by atoms with Crippen molar-refractivity contribution in [3.05, 3.63) is 58.9 Å². The third-order valence-corrected chi connectivity index (χ3v) is 4.23.